The number of ether oxygens (including phenoxy) is 1. The second-order valence-corrected chi connectivity index (χ2v) is 5.19. The summed E-state index contributed by atoms with van der Waals surface area (Å²) in [5.41, 5.74) is 1.02. The van der Waals surface area contributed by atoms with Crippen molar-refractivity contribution < 1.29 is 9.53 Å². The average Bonchev–Trinajstić information content (AvgIpc) is 2.49. The molecule has 2 rings (SSSR count). The van der Waals surface area contributed by atoms with Gasteiger partial charge in [-0.05, 0) is 36.8 Å². The second kappa shape index (κ2) is 7.70. The molecule has 110 valence electrons. The Kier molecular flexibility index (Phi) is 5.64. The molecule has 1 unspecified atom stereocenters. The van der Waals surface area contributed by atoms with Crippen LogP contribution in [0.1, 0.15) is 24.9 Å². The normalized spacial score (nSPS) is 11.7. The topological polar surface area (TPSA) is 38.3 Å². The fourth-order valence-corrected chi connectivity index (χ4v) is 2.05. The zero-order chi connectivity index (χ0) is 15.1. The van der Waals surface area contributed by atoms with Crippen LogP contribution in [0.5, 0.6) is 5.75 Å². The van der Waals surface area contributed by atoms with Gasteiger partial charge in [-0.2, -0.15) is 0 Å². The van der Waals surface area contributed by atoms with Crippen LogP contribution in [0.3, 0.4) is 0 Å². The Bertz CT molecular complexity index is 569. The predicted octanol–water partition coefficient (Wildman–Crippen LogP) is 3.99. The molecule has 0 radical (unpaired) electrons. The van der Waals surface area contributed by atoms with Crippen LogP contribution in [0.4, 0.5) is 0 Å². The largest absolute Gasteiger partial charge is 0.493 e. The van der Waals surface area contributed by atoms with Crippen molar-refractivity contribution in [3.8, 4) is 5.75 Å². The Morgan fingerprint density at radius 2 is 1.81 bits per heavy atom. The summed E-state index contributed by atoms with van der Waals surface area (Å²) in [6.07, 6.45) is 0.326. The summed E-state index contributed by atoms with van der Waals surface area (Å²) in [4.78, 5) is 11.9. The van der Waals surface area contributed by atoms with Crippen LogP contribution in [0.25, 0.3) is 0 Å². The van der Waals surface area contributed by atoms with Crippen LogP contribution in [-0.4, -0.2) is 12.5 Å². The average molecular weight is 304 g/mol. The Hall–Kier alpha value is -2.00. The van der Waals surface area contributed by atoms with E-state index in [-0.39, 0.29) is 11.9 Å². The summed E-state index contributed by atoms with van der Waals surface area (Å²) in [5, 5.41) is 3.63. The summed E-state index contributed by atoms with van der Waals surface area (Å²) >= 11 is 5.84. The summed E-state index contributed by atoms with van der Waals surface area (Å²) in [6, 6.07) is 16.9. The first-order valence-electron chi connectivity index (χ1n) is 6.88. The van der Waals surface area contributed by atoms with Gasteiger partial charge in [0.2, 0.25) is 5.91 Å². The van der Waals surface area contributed by atoms with Crippen LogP contribution in [-0.2, 0) is 4.79 Å². The molecule has 0 saturated heterocycles. The molecule has 1 atom stereocenters. The molecule has 4 heteroatoms. The first-order chi connectivity index (χ1) is 10.1. The second-order valence-electron chi connectivity index (χ2n) is 4.75. The highest BCUT2D eigenvalue weighted by Gasteiger charge is 2.09. The Morgan fingerprint density at radius 3 is 2.48 bits per heavy atom. The van der Waals surface area contributed by atoms with E-state index in [1.807, 2.05) is 61.5 Å². The van der Waals surface area contributed by atoms with Crippen molar-refractivity contribution >= 4 is 17.5 Å². The van der Waals surface area contributed by atoms with Gasteiger partial charge in [0.1, 0.15) is 5.75 Å². The van der Waals surface area contributed by atoms with Gasteiger partial charge in [-0.3, -0.25) is 4.79 Å². The number of halogens is 1. The van der Waals surface area contributed by atoms with Crippen molar-refractivity contribution in [3.63, 3.8) is 0 Å². The lowest BCUT2D eigenvalue weighted by molar-refractivity contribution is -0.122. The zero-order valence-electron chi connectivity index (χ0n) is 11.9. The van der Waals surface area contributed by atoms with Gasteiger partial charge in [0.05, 0.1) is 19.1 Å². The third kappa shape index (κ3) is 5.12. The van der Waals surface area contributed by atoms with E-state index >= 15 is 0 Å². The van der Waals surface area contributed by atoms with E-state index < -0.39 is 0 Å². The molecular formula is C17H18ClNO2. The van der Waals surface area contributed by atoms with Crippen LogP contribution < -0.4 is 10.1 Å². The maximum absolute atomic E-state index is 11.9. The predicted molar refractivity (Wildman–Crippen MR) is 84.6 cm³/mol. The number of hydrogen-bond acceptors (Lipinski definition) is 2. The number of rotatable bonds is 6. The van der Waals surface area contributed by atoms with Gasteiger partial charge in [-0.1, -0.05) is 41.9 Å². The number of amides is 1. The molecule has 0 spiro atoms. The van der Waals surface area contributed by atoms with E-state index in [0.29, 0.717) is 18.1 Å². The van der Waals surface area contributed by atoms with Crippen molar-refractivity contribution in [3.05, 3.63) is 65.2 Å². The summed E-state index contributed by atoms with van der Waals surface area (Å²) < 4.78 is 5.50. The molecule has 21 heavy (non-hydrogen) atoms. The minimum Gasteiger partial charge on any atom is -0.493 e. The maximum Gasteiger partial charge on any atom is 0.223 e. The van der Waals surface area contributed by atoms with Gasteiger partial charge in [0, 0.05) is 5.02 Å². The maximum atomic E-state index is 11.9. The molecular weight excluding hydrogens is 286 g/mol. The Balaban J connectivity index is 1.75. The van der Waals surface area contributed by atoms with E-state index in [2.05, 4.69) is 5.32 Å². The first-order valence-corrected chi connectivity index (χ1v) is 7.25. The lowest BCUT2D eigenvalue weighted by Crippen LogP contribution is -2.27. The molecule has 1 amide bonds. The van der Waals surface area contributed by atoms with Crippen LogP contribution in [0.2, 0.25) is 5.02 Å². The number of hydrogen-bond donors (Lipinski definition) is 1. The van der Waals surface area contributed by atoms with Crippen molar-refractivity contribution in [1.82, 2.24) is 5.32 Å². The smallest absolute Gasteiger partial charge is 0.223 e. The molecule has 2 aromatic carbocycles. The standard InChI is InChI=1S/C17H18ClNO2/c1-13(14-7-9-15(18)10-8-14)19-17(20)11-12-21-16-5-3-2-4-6-16/h2-10,13H,11-12H2,1H3,(H,19,20). The van der Waals surface area contributed by atoms with E-state index in [0.717, 1.165) is 11.3 Å². The quantitative estimate of drug-likeness (QED) is 0.876. The molecule has 0 aliphatic rings. The molecule has 0 heterocycles. The number of para-hydroxylation sites is 1. The minimum atomic E-state index is -0.0495. The molecule has 1 N–H and O–H groups in total. The molecule has 0 aliphatic heterocycles. The number of benzene rings is 2. The highest BCUT2D eigenvalue weighted by Crippen LogP contribution is 2.16. The molecule has 2 aromatic rings. The van der Waals surface area contributed by atoms with Crippen molar-refractivity contribution in [2.75, 3.05) is 6.61 Å². The van der Waals surface area contributed by atoms with Crippen LogP contribution >= 0.6 is 11.6 Å². The lowest BCUT2D eigenvalue weighted by atomic mass is 10.1. The minimum absolute atomic E-state index is 0.0339. The van der Waals surface area contributed by atoms with Gasteiger partial charge in [0.15, 0.2) is 0 Å². The van der Waals surface area contributed by atoms with E-state index in [9.17, 15) is 4.79 Å². The molecule has 0 fully saturated rings. The number of carbonyl (C=O) groups excluding carboxylic acids is 1. The van der Waals surface area contributed by atoms with Gasteiger partial charge >= 0.3 is 0 Å². The van der Waals surface area contributed by atoms with Gasteiger partial charge in [0.25, 0.3) is 0 Å². The van der Waals surface area contributed by atoms with Crippen LogP contribution in [0, 0.1) is 0 Å². The summed E-state index contributed by atoms with van der Waals surface area (Å²) in [5.74, 6) is 0.740. The van der Waals surface area contributed by atoms with E-state index in [1.54, 1.807) is 0 Å². The Labute approximate surface area is 129 Å². The van der Waals surface area contributed by atoms with Crippen molar-refractivity contribution in [2.45, 2.75) is 19.4 Å². The number of nitrogens with one attached hydrogen (secondary N) is 1. The van der Waals surface area contributed by atoms with Crippen molar-refractivity contribution in [2.24, 2.45) is 0 Å². The molecule has 0 bridgehead atoms. The first kappa shape index (κ1) is 15.4. The lowest BCUT2D eigenvalue weighted by Gasteiger charge is -2.14. The molecule has 0 aromatic heterocycles. The fraction of sp³-hybridized carbons (Fsp3) is 0.235. The van der Waals surface area contributed by atoms with Crippen LogP contribution in [0.15, 0.2) is 54.6 Å². The third-order valence-corrected chi connectivity index (χ3v) is 3.34. The molecule has 0 saturated carbocycles. The van der Waals surface area contributed by atoms with Crippen molar-refractivity contribution in [1.29, 1.82) is 0 Å². The third-order valence-electron chi connectivity index (χ3n) is 3.09. The highest BCUT2D eigenvalue weighted by atomic mass is 35.5. The zero-order valence-corrected chi connectivity index (χ0v) is 12.6. The summed E-state index contributed by atoms with van der Waals surface area (Å²) in [6.45, 7) is 2.31. The fourth-order valence-electron chi connectivity index (χ4n) is 1.93. The Morgan fingerprint density at radius 1 is 1.14 bits per heavy atom. The van der Waals surface area contributed by atoms with E-state index in [4.69, 9.17) is 16.3 Å². The summed E-state index contributed by atoms with van der Waals surface area (Å²) in [7, 11) is 0. The number of carbonyl (C=O) groups is 1. The van der Waals surface area contributed by atoms with Gasteiger partial charge < -0.3 is 10.1 Å². The SMILES string of the molecule is CC(NC(=O)CCOc1ccccc1)c1ccc(Cl)cc1. The highest BCUT2D eigenvalue weighted by molar-refractivity contribution is 6.30. The van der Waals surface area contributed by atoms with E-state index in [1.165, 1.54) is 0 Å². The molecule has 3 nitrogen and oxygen atoms in total. The van der Waals surface area contributed by atoms with Gasteiger partial charge in [-0.15, -0.1) is 0 Å². The van der Waals surface area contributed by atoms with Gasteiger partial charge in [-0.25, -0.2) is 0 Å². The monoisotopic (exact) mass is 303 g/mol. The molecule has 0 aliphatic carbocycles.